The van der Waals surface area contributed by atoms with Gasteiger partial charge in [0.1, 0.15) is 0 Å². The third kappa shape index (κ3) is 4.17. The molecular weight excluding hydrogens is 234 g/mol. The molecule has 0 spiro atoms. The van der Waals surface area contributed by atoms with Gasteiger partial charge in [0, 0.05) is 38.8 Å². The Bertz CT molecular complexity index is 249. The van der Waals surface area contributed by atoms with Gasteiger partial charge in [-0.3, -0.25) is 4.90 Å². The molecule has 2 rings (SSSR count). The normalized spacial score (nSPS) is 26.5. The van der Waals surface area contributed by atoms with Gasteiger partial charge in [0.05, 0.1) is 0 Å². The molecule has 1 heterocycles. The van der Waals surface area contributed by atoms with Crippen molar-refractivity contribution in [3.63, 3.8) is 0 Å². The van der Waals surface area contributed by atoms with Crippen molar-refractivity contribution in [3.8, 4) is 0 Å². The van der Waals surface area contributed by atoms with Crippen LogP contribution in [0.2, 0.25) is 0 Å². The molecule has 0 unspecified atom stereocenters. The van der Waals surface area contributed by atoms with Gasteiger partial charge >= 0.3 is 0 Å². The minimum absolute atomic E-state index is 0.427. The zero-order valence-corrected chi connectivity index (χ0v) is 13.0. The minimum Gasteiger partial charge on any atom is -0.330 e. The molecule has 112 valence electrons. The number of nitrogens with two attached hydrogens (primary N) is 1. The van der Waals surface area contributed by atoms with E-state index in [1.54, 1.807) is 0 Å². The van der Waals surface area contributed by atoms with E-state index < -0.39 is 0 Å². The first-order valence-electron chi connectivity index (χ1n) is 8.32. The average molecular weight is 267 g/mol. The number of rotatable bonds is 4. The molecule has 2 N–H and O–H groups in total. The third-order valence-corrected chi connectivity index (χ3v) is 5.29. The Labute approximate surface area is 119 Å². The molecule has 1 aliphatic heterocycles. The summed E-state index contributed by atoms with van der Waals surface area (Å²) in [6, 6.07) is 0.698. The van der Waals surface area contributed by atoms with E-state index in [0.717, 1.165) is 6.54 Å². The summed E-state index contributed by atoms with van der Waals surface area (Å²) in [6.07, 6.45) is 8.33. The van der Waals surface area contributed by atoms with E-state index in [-0.39, 0.29) is 0 Å². The van der Waals surface area contributed by atoms with Crippen LogP contribution < -0.4 is 5.73 Å². The monoisotopic (exact) mass is 267 g/mol. The molecule has 19 heavy (non-hydrogen) atoms. The maximum absolute atomic E-state index is 6.16. The molecule has 0 amide bonds. The molecule has 2 aliphatic rings. The van der Waals surface area contributed by atoms with E-state index in [9.17, 15) is 0 Å². The molecule has 0 aromatic heterocycles. The van der Waals surface area contributed by atoms with Crippen LogP contribution >= 0.6 is 0 Å². The van der Waals surface area contributed by atoms with Gasteiger partial charge in [0.15, 0.2) is 0 Å². The zero-order chi connectivity index (χ0) is 13.7. The molecule has 1 saturated carbocycles. The van der Waals surface area contributed by atoms with Gasteiger partial charge in [-0.05, 0) is 38.6 Å². The molecule has 3 heteroatoms. The van der Waals surface area contributed by atoms with Crippen molar-refractivity contribution in [2.75, 3.05) is 39.3 Å². The number of hydrogen-bond donors (Lipinski definition) is 1. The summed E-state index contributed by atoms with van der Waals surface area (Å²) in [7, 11) is 0. The zero-order valence-electron chi connectivity index (χ0n) is 13.0. The summed E-state index contributed by atoms with van der Waals surface area (Å²) in [6.45, 7) is 11.7. The van der Waals surface area contributed by atoms with Crippen LogP contribution in [-0.4, -0.2) is 55.1 Å². The van der Waals surface area contributed by atoms with Crippen molar-refractivity contribution in [1.82, 2.24) is 9.80 Å². The van der Waals surface area contributed by atoms with Crippen LogP contribution in [0.5, 0.6) is 0 Å². The molecule has 0 aromatic rings. The lowest BCUT2D eigenvalue weighted by molar-refractivity contribution is 0.0662. The van der Waals surface area contributed by atoms with E-state index in [4.69, 9.17) is 5.73 Å². The van der Waals surface area contributed by atoms with Crippen LogP contribution in [0.25, 0.3) is 0 Å². The average Bonchev–Trinajstić information content (AvgIpc) is 2.65. The maximum atomic E-state index is 6.16. The summed E-state index contributed by atoms with van der Waals surface area (Å²) in [5.74, 6) is 0. The number of piperazine rings is 1. The minimum atomic E-state index is 0.427. The lowest BCUT2D eigenvalue weighted by Gasteiger charge is -2.42. The SMILES string of the molecule is CC(C)N1CCN(CC2(CN)CCCCCC2)CC1. The van der Waals surface area contributed by atoms with E-state index >= 15 is 0 Å². The fraction of sp³-hybridized carbons (Fsp3) is 1.00. The predicted molar refractivity (Wildman–Crippen MR) is 82.3 cm³/mol. The topological polar surface area (TPSA) is 32.5 Å². The van der Waals surface area contributed by atoms with E-state index in [1.165, 1.54) is 71.2 Å². The number of nitrogens with zero attached hydrogens (tertiary/aromatic N) is 2. The standard InChI is InChI=1S/C16H33N3/c1-15(2)19-11-9-18(10-12-19)14-16(13-17)7-5-3-4-6-8-16/h15H,3-14,17H2,1-2H3. The molecule has 0 atom stereocenters. The van der Waals surface area contributed by atoms with Crippen molar-refractivity contribution in [3.05, 3.63) is 0 Å². The van der Waals surface area contributed by atoms with Gasteiger partial charge in [-0.15, -0.1) is 0 Å². The fourth-order valence-corrected chi connectivity index (χ4v) is 3.82. The lowest BCUT2D eigenvalue weighted by atomic mass is 9.79. The molecule has 0 aromatic carbocycles. The quantitative estimate of drug-likeness (QED) is 0.793. The molecule has 2 fully saturated rings. The van der Waals surface area contributed by atoms with E-state index in [2.05, 4.69) is 23.6 Å². The molecule has 3 nitrogen and oxygen atoms in total. The van der Waals surface area contributed by atoms with Crippen molar-refractivity contribution in [1.29, 1.82) is 0 Å². The van der Waals surface area contributed by atoms with Crippen molar-refractivity contribution in [2.45, 2.75) is 58.4 Å². The van der Waals surface area contributed by atoms with Crippen molar-refractivity contribution >= 4 is 0 Å². The highest BCUT2D eigenvalue weighted by Gasteiger charge is 2.32. The Kier molecular flexibility index (Phi) is 5.67. The second-order valence-corrected chi connectivity index (χ2v) is 7.02. The predicted octanol–water partition coefficient (Wildman–Crippen LogP) is 2.31. The highest BCUT2D eigenvalue weighted by molar-refractivity contribution is 4.87. The first-order valence-corrected chi connectivity index (χ1v) is 8.32. The third-order valence-electron chi connectivity index (χ3n) is 5.29. The van der Waals surface area contributed by atoms with Crippen molar-refractivity contribution in [2.24, 2.45) is 11.1 Å². The summed E-state index contributed by atoms with van der Waals surface area (Å²) >= 11 is 0. The second-order valence-electron chi connectivity index (χ2n) is 7.02. The summed E-state index contributed by atoms with van der Waals surface area (Å²) in [4.78, 5) is 5.27. The summed E-state index contributed by atoms with van der Waals surface area (Å²) < 4.78 is 0. The molecule has 0 radical (unpaired) electrons. The van der Waals surface area contributed by atoms with Crippen LogP contribution in [-0.2, 0) is 0 Å². The smallest absolute Gasteiger partial charge is 0.0113 e. The Morgan fingerprint density at radius 1 is 0.947 bits per heavy atom. The molecule has 0 bridgehead atoms. The van der Waals surface area contributed by atoms with E-state index in [1.807, 2.05) is 0 Å². The Morgan fingerprint density at radius 3 is 2.00 bits per heavy atom. The van der Waals surface area contributed by atoms with Gasteiger partial charge in [-0.1, -0.05) is 25.7 Å². The highest BCUT2D eigenvalue weighted by atomic mass is 15.3. The molecule has 1 saturated heterocycles. The van der Waals surface area contributed by atoms with Gasteiger partial charge < -0.3 is 10.6 Å². The van der Waals surface area contributed by atoms with Gasteiger partial charge in [0.2, 0.25) is 0 Å². The molecular formula is C16H33N3. The van der Waals surface area contributed by atoms with Crippen LogP contribution in [0.3, 0.4) is 0 Å². The van der Waals surface area contributed by atoms with Gasteiger partial charge in [-0.2, -0.15) is 0 Å². The Morgan fingerprint density at radius 2 is 1.53 bits per heavy atom. The summed E-state index contributed by atoms with van der Waals surface area (Å²) in [5.41, 5.74) is 6.59. The van der Waals surface area contributed by atoms with Gasteiger partial charge in [0.25, 0.3) is 0 Å². The van der Waals surface area contributed by atoms with Crippen LogP contribution in [0.4, 0.5) is 0 Å². The first-order chi connectivity index (χ1) is 9.15. The van der Waals surface area contributed by atoms with Crippen LogP contribution in [0.15, 0.2) is 0 Å². The number of hydrogen-bond acceptors (Lipinski definition) is 3. The Hall–Kier alpha value is -0.120. The maximum Gasteiger partial charge on any atom is 0.0113 e. The van der Waals surface area contributed by atoms with Gasteiger partial charge in [-0.25, -0.2) is 0 Å². The van der Waals surface area contributed by atoms with Crippen molar-refractivity contribution < 1.29 is 0 Å². The summed E-state index contributed by atoms with van der Waals surface area (Å²) in [5, 5.41) is 0. The fourth-order valence-electron chi connectivity index (χ4n) is 3.82. The van der Waals surface area contributed by atoms with E-state index in [0.29, 0.717) is 11.5 Å². The lowest BCUT2D eigenvalue weighted by Crippen LogP contribution is -2.52. The largest absolute Gasteiger partial charge is 0.330 e. The van der Waals surface area contributed by atoms with Crippen LogP contribution in [0, 0.1) is 5.41 Å². The first kappa shape index (κ1) is 15.3. The Balaban J connectivity index is 1.85. The second kappa shape index (κ2) is 7.05. The molecule has 1 aliphatic carbocycles. The van der Waals surface area contributed by atoms with Crippen LogP contribution in [0.1, 0.15) is 52.4 Å². The highest BCUT2D eigenvalue weighted by Crippen LogP contribution is 2.35.